The molecule has 0 aliphatic carbocycles. The second kappa shape index (κ2) is 5.56. The van der Waals surface area contributed by atoms with Crippen LogP contribution in [0.2, 0.25) is 0 Å². The van der Waals surface area contributed by atoms with Gasteiger partial charge in [-0.05, 0) is 18.8 Å². The van der Waals surface area contributed by atoms with Gasteiger partial charge in [0.2, 0.25) is 0 Å². The summed E-state index contributed by atoms with van der Waals surface area (Å²) in [5.41, 5.74) is 1.98. The Bertz CT molecular complexity index is 183. The van der Waals surface area contributed by atoms with Gasteiger partial charge in [-0.2, -0.15) is 5.26 Å². The molecular weight excluding hydrogens is 154 g/mol. The first-order valence-electron chi connectivity index (χ1n) is 4.01. The zero-order chi connectivity index (χ0) is 9.56. The molecule has 0 radical (unpaired) electrons. The fourth-order valence-electron chi connectivity index (χ4n) is 0.855. The molecule has 0 aliphatic heterocycles. The minimum atomic E-state index is -0.600. The van der Waals surface area contributed by atoms with Gasteiger partial charge in [0.1, 0.15) is 5.92 Å². The summed E-state index contributed by atoms with van der Waals surface area (Å²) in [6, 6.07) is 1.92. The molecule has 0 spiro atoms. The molecule has 4 nitrogen and oxygen atoms in total. The summed E-state index contributed by atoms with van der Waals surface area (Å²) in [6.07, 6.45) is 1.45. The smallest absolute Gasteiger partial charge is 0.251 e. The van der Waals surface area contributed by atoms with E-state index in [1.165, 1.54) is 0 Å². The minimum Gasteiger partial charge on any atom is -0.293 e. The molecule has 1 atom stereocenters. The number of carbonyl (C=O) groups excluding carboxylic acids is 1. The van der Waals surface area contributed by atoms with Crippen molar-refractivity contribution in [1.82, 2.24) is 5.43 Å². The molecule has 0 rings (SSSR count). The van der Waals surface area contributed by atoms with E-state index < -0.39 is 11.8 Å². The molecule has 1 amide bonds. The molecule has 0 saturated heterocycles. The number of nitrogens with zero attached hydrogens (tertiary/aromatic N) is 1. The molecule has 1 unspecified atom stereocenters. The maximum Gasteiger partial charge on any atom is 0.251 e. The van der Waals surface area contributed by atoms with Gasteiger partial charge in [0.25, 0.3) is 5.91 Å². The van der Waals surface area contributed by atoms with Crippen molar-refractivity contribution >= 4 is 5.91 Å². The summed E-state index contributed by atoms with van der Waals surface area (Å²) < 4.78 is 0. The number of hydrogen-bond donors (Lipinski definition) is 2. The first-order chi connectivity index (χ1) is 5.61. The van der Waals surface area contributed by atoms with Crippen LogP contribution in [0.1, 0.15) is 26.7 Å². The van der Waals surface area contributed by atoms with E-state index >= 15 is 0 Å². The van der Waals surface area contributed by atoms with Gasteiger partial charge in [-0.3, -0.25) is 10.2 Å². The highest BCUT2D eigenvalue weighted by Gasteiger charge is 2.16. The van der Waals surface area contributed by atoms with Crippen molar-refractivity contribution in [3.05, 3.63) is 0 Å². The van der Waals surface area contributed by atoms with Gasteiger partial charge >= 0.3 is 0 Å². The Hall–Kier alpha value is -1.08. The van der Waals surface area contributed by atoms with E-state index in [0.29, 0.717) is 12.3 Å². The van der Waals surface area contributed by atoms with Gasteiger partial charge in [0.05, 0.1) is 6.07 Å². The lowest BCUT2D eigenvalue weighted by Crippen LogP contribution is -2.35. The van der Waals surface area contributed by atoms with Crippen LogP contribution in [-0.2, 0) is 4.79 Å². The predicted octanol–water partition coefficient (Wildman–Crippen LogP) is 0.552. The fourth-order valence-corrected chi connectivity index (χ4v) is 0.855. The van der Waals surface area contributed by atoms with E-state index in [1.807, 2.05) is 11.5 Å². The molecule has 0 heterocycles. The summed E-state index contributed by atoms with van der Waals surface area (Å²) in [6.45, 7) is 4.10. The van der Waals surface area contributed by atoms with E-state index in [9.17, 15) is 4.79 Å². The molecule has 4 heteroatoms. The van der Waals surface area contributed by atoms with E-state index in [0.717, 1.165) is 6.42 Å². The molecular formula is C8H15N3O. The Morgan fingerprint density at radius 3 is 2.50 bits per heavy atom. The second-order valence-electron chi connectivity index (χ2n) is 3.16. The number of nitrogens with two attached hydrogens (primary N) is 1. The molecule has 0 aliphatic rings. The maximum absolute atomic E-state index is 10.9. The van der Waals surface area contributed by atoms with Gasteiger partial charge in [-0.15, -0.1) is 0 Å². The van der Waals surface area contributed by atoms with E-state index in [4.69, 9.17) is 11.1 Å². The quantitative estimate of drug-likeness (QED) is 0.366. The highest BCUT2D eigenvalue weighted by atomic mass is 16.2. The van der Waals surface area contributed by atoms with Crippen LogP contribution in [0, 0.1) is 23.2 Å². The van der Waals surface area contributed by atoms with Crippen LogP contribution in [-0.4, -0.2) is 5.91 Å². The lowest BCUT2D eigenvalue weighted by Gasteiger charge is -2.08. The van der Waals surface area contributed by atoms with E-state index in [2.05, 4.69) is 13.8 Å². The van der Waals surface area contributed by atoms with Gasteiger partial charge in [0.15, 0.2) is 0 Å². The molecule has 0 aromatic rings. The largest absolute Gasteiger partial charge is 0.293 e. The molecule has 3 N–H and O–H groups in total. The average molecular weight is 169 g/mol. The number of amides is 1. The highest BCUT2D eigenvalue weighted by molar-refractivity contribution is 5.80. The molecule has 68 valence electrons. The predicted molar refractivity (Wildman–Crippen MR) is 45.5 cm³/mol. The van der Waals surface area contributed by atoms with Crippen LogP contribution in [0.15, 0.2) is 0 Å². The monoisotopic (exact) mass is 169 g/mol. The average Bonchev–Trinajstić information content (AvgIpc) is 2.04. The van der Waals surface area contributed by atoms with Crippen LogP contribution in [0.5, 0.6) is 0 Å². The third-order valence-electron chi connectivity index (χ3n) is 1.65. The molecule has 0 aromatic carbocycles. The standard InChI is InChI=1S/C8H15N3O/c1-6(2)3-4-7(5-9)8(12)11-10/h6-7H,3-4,10H2,1-2H3,(H,11,12). The second-order valence-corrected chi connectivity index (χ2v) is 3.16. The van der Waals surface area contributed by atoms with Crippen molar-refractivity contribution in [2.45, 2.75) is 26.7 Å². The van der Waals surface area contributed by atoms with Gasteiger partial charge in [0, 0.05) is 0 Å². The lowest BCUT2D eigenvalue weighted by molar-refractivity contribution is -0.123. The van der Waals surface area contributed by atoms with Crippen LogP contribution in [0.25, 0.3) is 0 Å². The number of hydrazine groups is 1. The number of carbonyl (C=O) groups is 1. The normalized spacial score (nSPS) is 12.2. The Kier molecular flexibility index (Phi) is 5.06. The summed E-state index contributed by atoms with van der Waals surface area (Å²) in [5, 5.41) is 8.57. The summed E-state index contributed by atoms with van der Waals surface area (Å²) in [4.78, 5) is 10.9. The van der Waals surface area contributed by atoms with Crippen molar-refractivity contribution in [3.63, 3.8) is 0 Å². The van der Waals surface area contributed by atoms with Crippen LogP contribution in [0.3, 0.4) is 0 Å². The Morgan fingerprint density at radius 1 is 1.58 bits per heavy atom. The number of nitrogens with one attached hydrogen (secondary N) is 1. The summed E-state index contributed by atoms with van der Waals surface area (Å²) in [7, 11) is 0. The molecule has 0 bridgehead atoms. The third-order valence-corrected chi connectivity index (χ3v) is 1.65. The molecule has 0 fully saturated rings. The topological polar surface area (TPSA) is 78.9 Å². The van der Waals surface area contributed by atoms with Gasteiger partial charge < -0.3 is 0 Å². The SMILES string of the molecule is CC(C)CCC(C#N)C(=O)NN. The Morgan fingerprint density at radius 2 is 2.17 bits per heavy atom. The zero-order valence-electron chi connectivity index (χ0n) is 7.50. The molecule has 12 heavy (non-hydrogen) atoms. The van der Waals surface area contributed by atoms with Crippen molar-refractivity contribution < 1.29 is 4.79 Å². The zero-order valence-corrected chi connectivity index (χ0v) is 7.50. The van der Waals surface area contributed by atoms with E-state index in [1.54, 1.807) is 0 Å². The molecule has 0 saturated carbocycles. The van der Waals surface area contributed by atoms with Gasteiger partial charge in [-0.25, -0.2) is 5.84 Å². The van der Waals surface area contributed by atoms with Crippen molar-refractivity contribution in [2.24, 2.45) is 17.7 Å². The van der Waals surface area contributed by atoms with Crippen molar-refractivity contribution in [2.75, 3.05) is 0 Å². The summed E-state index contributed by atoms with van der Waals surface area (Å²) >= 11 is 0. The third kappa shape index (κ3) is 3.94. The fraction of sp³-hybridized carbons (Fsp3) is 0.750. The Balaban J connectivity index is 3.86. The number of hydrogen-bond acceptors (Lipinski definition) is 3. The first kappa shape index (κ1) is 10.9. The van der Waals surface area contributed by atoms with Crippen LogP contribution < -0.4 is 11.3 Å². The van der Waals surface area contributed by atoms with Gasteiger partial charge in [-0.1, -0.05) is 13.8 Å². The summed E-state index contributed by atoms with van der Waals surface area (Å²) in [5.74, 6) is 4.42. The van der Waals surface area contributed by atoms with E-state index in [-0.39, 0.29) is 0 Å². The van der Waals surface area contributed by atoms with Crippen LogP contribution >= 0.6 is 0 Å². The first-order valence-corrected chi connectivity index (χ1v) is 4.01. The maximum atomic E-state index is 10.9. The number of rotatable bonds is 4. The minimum absolute atomic E-state index is 0.391. The van der Waals surface area contributed by atoms with Crippen molar-refractivity contribution in [1.29, 1.82) is 5.26 Å². The van der Waals surface area contributed by atoms with Crippen LogP contribution in [0.4, 0.5) is 0 Å². The number of nitriles is 1. The Labute approximate surface area is 72.7 Å². The highest BCUT2D eigenvalue weighted by Crippen LogP contribution is 2.11. The van der Waals surface area contributed by atoms with Crippen molar-refractivity contribution in [3.8, 4) is 6.07 Å². The molecule has 0 aromatic heterocycles. The lowest BCUT2D eigenvalue weighted by atomic mass is 9.98.